The molecule has 2 aromatic carbocycles. The number of carbonyl (C=O) groups is 1. The first-order valence-corrected chi connectivity index (χ1v) is 9.71. The minimum atomic E-state index is -0.251. The van der Waals surface area contributed by atoms with Crippen molar-refractivity contribution < 1.29 is 14.3 Å². The fraction of sp³-hybridized carbons (Fsp3) is 0.250. The van der Waals surface area contributed by atoms with Crippen LogP contribution in [0.5, 0.6) is 5.75 Å². The molecule has 0 radical (unpaired) electrons. The van der Waals surface area contributed by atoms with E-state index in [2.05, 4.69) is 10.2 Å². The van der Waals surface area contributed by atoms with Crippen molar-refractivity contribution in [1.82, 2.24) is 14.8 Å². The standard InChI is InChI=1S/C20H19N3O3S/c1-2-25-16-10-8-15(9-11-16)23-18(14-6-4-3-5-7-14)21-22-20(23)27-17-12-13-26-19(17)24/h3-11,17H,2,12-13H2,1H3/t17-/m1/s1. The Morgan fingerprint density at radius 1 is 1.15 bits per heavy atom. The lowest BCUT2D eigenvalue weighted by molar-refractivity contribution is -0.137. The average Bonchev–Trinajstić information content (AvgIpc) is 3.30. The molecule has 3 aromatic rings. The van der Waals surface area contributed by atoms with Gasteiger partial charge in [0.05, 0.1) is 13.2 Å². The third kappa shape index (κ3) is 3.68. The molecule has 1 atom stereocenters. The Hall–Kier alpha value is -2.80. The molecule has 0 spiro atoms. The maximum absolute atomic E-state index is 11.9. The molecule has 138 valence electrons. The highest BCUT2D eigenvalue weighted by molar-refractivity contribution is 8.00. The van der Waals surface area contributed by atoms with Crippen molar-refractivity contribution in [2.75, 3.05) is 13.2 Å². The van der Waals surface area contributed by atoms with E-state index in [9.17, 15) is 4.79 Å². The quantitative estimate of drug-likeness (QED) is 0.606. The van der Waals surface area contributed by atoms with Crippen LogP contribution in [0.3, 0.4) is 0 Å². The number of rotatable bonds is 6. The lowest BCUT2D eigenvalue weighted by atomic mass is 10.2. The van der Waals surface area contributed by atoms with Crippen molar-refractivity contribution in [3.8, 4) is 22.8 Å². The largest absolute Gasteiger partial charge is 0.494 e. The van der Waals surface area contributed by atoms with Gasteiger partial charge in [-0.05, 0) is 31.2 Å². The Labute approximate surface area is 161 Å². The van der Waals surface area contributed by atoms with E-state index in [-0.39, 0.29) is 11.2 Å². The van der Waals surface area contributed by atoms with Crippen LogP contribution in [0.1, 0.15) is 13.3 Å². The van der Waals surface area contributed by atoms with E-state index < -0.39 is 0 Å². The van der Waals surface area contributed by atoms with Crippen LogP contribution in [0.25, 0.3) is 17.1 Å². The van der Waals surface area contributed by atoms with E-state index in [1.54, 1.807) is 0 Å². The number of esters is 1. The molecule has 0 unspecified atom stereocenters. The summed E-state index contributed by atoms with van der Waals surface area (Å²) in [6.45, 7) is 3.03. The van der Waals surface area contributed by atoms with E-state index in [1.165, 1.54) is 11.8 Å². The van der Waals surface area contributed by atoms with Gasteiger partial charge in [-0.25, -0.2) is 0 Å². The van der Waals surface area contributed by atoms with Crippen LogP contribution in [0.15, 0.2) is 59.8 Å². The van der Waals surface area contributed by atoms with Gasteiger partial charge < -0.3 is 9.47 Å². The second-order valence-corrected chi connectivity index (χ2v) is 7.17. The summed E-state index contributed by atoms with van der Waals surface area (Å²) in [6, 6.07) is 17.7. The Bertz CT molecular complexity index is 925. The lowest BCUT2D eigenvalue weighted by Gasteiger charge is -2.12. The highest BCUT2D eigenvalue weighted by Gasteiger charge is 2.30. The summed E-state index contributed by atoms with van der Waals surface area (Å²) in [7, 11) is 0. The number of aromatic nitrogens is 3. The number of nitrogens with zero attached hydrogens (tertiary/aromatic N) is 3. The predicted octanol–water partition coefficient (Wildman–Crippen LogP) is 3.74. The SMILES string of the molecule is CCOc1ccc(-n2c(S[C@@H]3CCOC3=O)nnc2-c2ccccc2)cc1. The maximum Gasteiger partial charge on any atom is 0.319 e. The number of thioether (sulfide) groups is 1. The van der Waals surface area contributed by atoms with Crippen molar-refractivity contribution in [1.29, 1.82) is 0 Å². The van der Waals surface area contributed by atoms with Gasteiger partial charge in [-0.3, -0.25) is 9.36 Å². The van der Waals surface area contributed by atoms with Crippen LogP contribution >= 0.6 is 11.8 Å². The average molecular weight is 381 g/mol. The lowest BCUT2D eigenvalue weighted by Crippen LogP contribution is -2.11. The molecule has 0 aliphatic carbocycles. The zero-order valence-corrected chi connectivity index (χ0v) is 15.7. The van der Waals surface area contributed by atoms with Crippen molar-refractivity contribution in [2.24, 2.45) is 0 Å². The molecule has 4 rings (SSSR count). The topological polar surface area (TPSA) is 66.2 Å². The van der Waals surface area contributed by atoms with Gasteiger partial charge >= 0.3 is 5.97 Å². The molecule has 7 heteroatoms. The summed E-state index contributed by atoms with van der Waals surface area (Å²) < 4.78 is 12.6. The normalized spacial score (nSPS) is 16.3. The van der Waals surface area contributed by atoms with Crippen LogP contribution in [-0.4, -0.2) is 39.2 Å². The van der Waals surface area contributed by atoms with Crippen LogP contribution in [-0.2, 0) is 9.53 Å². The molecular weight excluding hydrogens is 362 g/mol. The van der Waals surface area contributed by atoms with Crippen LogP contribution in [0, 0.1) is 0 Å². The molecule has 2 heterocycles. The van der Waals surface area contributed by atoms with Crippen molar-refractivity contribution in [2.45, 2.75) is 23.8 Å². The number of carbonyl (C=O) groups excluding carboxylic acids is 1. The van der Waals surface area contributed by atoms with E-state index in [1.807, 2.05) is 66.1 Å². The van der Waals surface area contributed by atoms with Crippen molar-refractivity contribution >= 4 is 17.7 Å². The highest BCUT2D eigenvalue weighted by Crippen LogP contribution is 2.33. The zero-order chi connectivity index (χ0) is 18.6. The van der Waals surface area contributed by atoms with Crippen LogP contribution in [0.4, 0.5) is 0 Å². The first kappa shape index (κ1) is 17.6. The van der Waals surface area contributed by atoms with Gasteiger partial charge in [-0.15, -0.1) is 10.2 Å². The number of benzene rings is 2. The molecule has 1 fully saturated rings. The van der Waals surface area contributed by atoms with Crippen LogP contribution in [0.2, 0.25) is 0 Å². The second-order valence-electron chi connectivity index (χ2n) is 6.00. The summed E-state index contributed by atoms with van der Waals surface area (Å²) in [5.41, 5.74) is 1.87. The second kappa shape index (κ2) is 7.84. The Morgan fingerprint density at radius 2 is 1.93 bits per heavy atom. The van der Waals surface area contributed by atoms with Crippen molar-refractivity contribution in [3.63, 3.8) is 0 Å². The Balaban J connectivity index is 1.75. The molecule has 1 aliphatic heterocycles. The summed E-state index contributed by atoms with van der Waals surface area (Å²) in [5, 5.41) is 9.18. The molecule has 0 amide bonds. The predicted molar refractivity (Wildman–Crippen MR) is 103 cm³/mol. The van der Waals surface area contributed by atoms with Gasteiger partial charge in [0.25, 0.3) is 0 Å². The third-order valence-corrected chi connectivity index (χ3v) is 5.39. The molecule has 0 saturated carbocycles. The van der Waals surface area contributed by atoms with E-state index in [0.717, 1.165) is 22.8 Å². The van der Waals surface area contributed by atoms with E-state index in [4.69, 9.17) is 9.47 Å². The molecule has 0 N–H and O–H groups in total. The van der Waals surface area contributed by atoms with E-state index >= 15 is 0 Å². The minimum Gasteiger partial charge on any atom is -0.494 e. The van der Waals surface area contributed by atoms with Gasteiger partial charge in [0.2, 0.25) is 0 Å². The van der Waals surface area contributed by atoms with Gasteiger partial charge in [-0.2, -0.15) is 0 Å². The fourth-order valence-corrected chi connectivity index (χ4v) is 3.94. The zero-order valence-electron chi connectivity index (χ0n) is 14.9. The molecule has 1 aromatic heterocycles. The smallest absolute Gasteiger partial charge is 0.319 e. The molecule has 27 heavy (non-hydrogen) atoms. The summed E-state index contributed by atoms with van der Waals surface area (Å²) >= 11 is 1.39. The molecule has 1 saturated heterocycles. The fourth-order valence-electron chi connectivity index (χ4n) is 2.92. The third-order valence-electron chi connectivity index (χ3n) is 4.21. The maximum atomic E-state index is 11.9. The van der Waals surface area contributed by atoms with Gasteiger partial charge in [0.1, 0.15) is 11.0 Å². The van der Waals surface area contributed by atoms with Crippen molar-refractivity contribution in [3.05, 3.63) is 54.6 Å². The highest BCUT2D eigenvalue weighted by atomic mass is 32.2. The molecular formula is C20H19N3O3S. The minimum absolute atomic E-state index is 0.192. The van der Waals surface area contributed by atoms with Gasteiger partial charge in [0.15, 0.2) is 11.0 Å². The number of cyclic esters (lactones) is 1. The molecule has 1 aliphatic rings. The number of hydrogen-bond acceptors (Lipinski definition) is 6. The molecule has 6 nitrogen and oxygen atoms in total. The number of hydrogen-bond donors (Lipinski definition) is 0. The monoisotopic (exact) mass is 381 g/mol. The van der Waals surface area contributed by atoms with E-state index in [0.29, 0.717) is 24.8 Å². The number of ether oxygens (including phenoxy) is 2. The first-order valence-electron chi connectivity index (χ1n) is 8.83. The summed E-state index contributed by atoms with van der Waals surface area (Å²) in [6.07, 6.45) is 0.681. The van der Waals surface area contributed by atoms with Gasteiger partial charge in [0, 0.05) is 17.7 Å². The van der Waals surface area contributed by atoms with Crippen LogP contribution < -0.4 is 4.74 Å². The first-order chi connectivity index (χ1) is 13.3. The summed E-state index contributed by atoms with van der Waals surface area (Å²) in [4.78, 5) is 11.9. The summed E-state index contributed by atoms with van der Waals surface area (Å²) in [5.74, 6) is 1.35. The Kier molecular flexibility index (Phi) is 5.11. The molecule has 0 bridgehead atoms. The van der Waals surface area contributed by atoms with Gasteiger partial charge in [-0.1, -0.05) is 42.1 Å². The Morgan fingerprint density at radius 3 is 2.59 bits per heavy atom.